The van der Waals surface area contributed by atoms with Crippen LogP contribution < -0.4 is 4.31 Å². The van der Waals surface area contributed by atoms with Gasteiger partial charge in [-0.15, -0.1) is 0 Å². The van der Waals surface area contributed by atoms with E-state index in [1.807, 2.05) is 55.5 Å². The Morgan fingerprint density at radius 2 is 1.63 bits per heavy atom. The summed E-state index contributed by atoms with van der Waals surface area (Å²) in [6.07, 6.45) is 0.654. The minimum Gasteiger partial charge on any atom is -0.508 e. The van der Waals surface area contributed by atoms with Crippen LogP contribution in [0.4, 0.5) is 5.69 Å². The lowest BCUT2D eigenvalue weighted by Crippen LogP contribution is -2.37. The van der Waals surface area contributed by atoms with Crippen molar-refractivity contribution in [1.29, 1.82) is 0 Å². The molecule has 4 rings (SSSR count). The fourth-order valence-electron chi connectivity index (χ4n) is 3.81. The van der Waals surface area contributed by atoms with Crippen LogP contribution in [0.3, 0.4) is 0 Å². The molecule has 1 unspecified atom stereocenters. The van der Waals surface area contributed by atoms with E-state index in [2.05, 4.69) is 0 Å². The topological polar surface area (TPSA) is 57.6 Å². The first-order chi connectivity index (χ1) is 12.9. The van der Waals surface area contributed by atoms with Gasteiger partial charge < -0.3 is 5.11 Å². The first-order valence-electron chi connectivity index (χ1n) is 8.97. The second-order valence-corrected chi connectivity index (χ2v) is 8.59. The predicted octanol–water partition coefficient (Wildman–Crippen LogP) is 5.03. The Kier molecular flexibility index (Phi) is 4.19. The molecule has 1 N–H and O–H groups in total. The van der Waals surface area contributed by atoms with Gasteiger partial charge in [0.05, 0.1) is 16.6 Å². The molecular formula is C22H21NO3S. The maximum absolute atomic E-state index is 13.6. The van der Waals surface area contributed by atoms with E-state index in [4.69, 9.17) is 0 Å². The number of aromatic hydroxyl groups is 1. The molecule has 1 heterocycles. The number of phenols is 1. The molecule has 3 aromatic carbocycles. The van der Waals surface area contributed by atoms with Gasteiger partial charge in [0.1, 0.15) is 5.75 Å². The van der Waals surface area contributed by atoms with E-state index in [1.165, 1.54) is 22.5 Å². The zero-order chi connectivity index (χ0) is 19.2. The molecule has 0 aliphatic carbocycles. The number of hydrogen-bond acceptors (Lipinski definition) is 3. The fourth-order valence-corrected chi connectivity index (χ4v) is 5.61. The zero-order valence-corrected chi connectivity index (χ0v) is 16.1. The Bertz CT molecular complexity index is 1120. The number of aryl methyl sites for hydroxylation is 1. The van der Waals surface area contributed by atoms with E-state index in [0.717, 1.165) is 16.7 Å². The summed E-state index contributed by atoms with van der Waals surface area (Å²) in [4.78, 5) is 0.186. The molecule has 0 radical (unpaired) electrons. The molecule has 0 fully saturated rings. The van der Waals surface area contributed by atoms with E-state index < -0.39 is 10.0 Å². The zero-order valence-electron chi connectivity index (χ0n) is 15.3. The van der Waals surface area contributed by atoms with Crippen molar-refractivity contribution in [1.82, 2.24) is 0 Å². The number of sulfonamides is 1. The Hall–Kier alpha value is -2.79. The largest absolute Gasteiger partial charge is 0.508 e. The number of anilines is 1. The molecule has 5 heteroatoms. The predicted molar refractivity (Wildman–Crippen MR) is 107 cm³/mol. The van der Waals surface area contributed by atoms with Gasteiger partial charge in [0.2, 0.25) is 0 Å². The van der Waals surface area contributed by atoms with Gasteiger partial charge in [-0.2, -0.15) is 0 Å². The van der Waals surface area contributed by atoms with Crippen LogP contribution >= 0.6 is 0 Å². The van der Waals surface area contributed by atoms with Crippen LogP contribution in [0.25, 0.3) is 11.1 Å². The summed E-state index contributed by atoms with van der Waals surface area (Å²) in [6, 6.07) is 19.7. The number of phenolic OH excluding ortho intramolecular Hbond substituents is 1. The average molecular weight is 379 g/mol. The standard InChI is InChI=1S/C22H21NO3S/c1-3-20-18-9-5-4-8-17(18)19-10-6-7-11-21(19)23(20)27(25,26)16-12-13-22(24)15(2)14-16/h4-14,20,24H,3H2,1-2H3. The van der Waals surface area contributed by atoms with Gasteiger partial charge in [-0.3, -0.25) is 4.31 Å². The van der Waals surface area contributed by atoms with Crippen LogP contribution in [0.1, 0.15) is 30.5 Å². The highest BCUT2D eigenvalue weighted by Gasteiger charge is 2.38. The molecule has 0 spiro atoms. The summed E-state index contributed by atoms with van der Waals surface area (Å²) < 4.78 is 28.8. The third-order valence-corrected chi connectivity index (χ3v) is 6.97. The Morgan fingerprint density at radius 3 is 2.33 bits per heavy atom. The van der Waals surface area contributed by atoms with E-state index in [9.17, 15) is 13.5 Å². The van der Waals surface area contributed by atoms with Crippen molar-refractivity contribution in [2.45, 2.75) is 31.2 Å². The van der Waals surface area contributed by atoms with Crippen LogP contribution in [0.2, 0.25) is 0 Å². The van der Waals surface area contributed by atoms with E-state index in [-0.39, 0.29) is 16.7 Å². The Morgan fingerprint density at radius 1 is 0.963 bits per heavy atom. The maximum Gasteiger partial charge on any atom is 0.264 e. The second-order valence-electron chi connectivity index (χ2n) is 6.78. The number of para-hydroxylation sites is 1. The summed E-state index contributed by atoms with van der Waals surface area (Å²) >= 11 is 0. The quantitative estimate of drug-likeness (QED) is 0.694. The number of benzene rings is 3. The highest BCUT2D eigenvalue weighted by molar-refractivity contribution is 7.92. The van der Waals surface area contributed by atoms with Gasteiger partial charge in [-0.25, -0.2) is 8.42 Å². The lowest BCUT2D eigenvalue weighted by Gasteiger charge is -2.39. The highest BCUT2D eigenvalue weighted by Crippen LogP contribution is 2.48. The van der Waals surface area contributed by atoms with Crippen molar-refractivity contribution in [2.75, 3.05) is 4.31 Å². The molecule has 0 bridgehead atoms. The minimum atomic E-state index is -3.80. The maximum atomic E-state index is 13.6. The molecule has 3 aromatic rings. The molecule has 0 amide bonds. The van der Waals surface area contributed by atoms with Gasteiger partial charge in [0.25, 0.3) is 10.0 Å². The van der Waals surface area contributed by atoms with Crippen LogP contribution in [0, 0.1) is 6.92 Å². The van der Waals surface area contributed by atoms with Gasteiger partial charge in [0, 0.05) is 5.56 Å². The first kappa shape index (κ1) is 17.6. The molecule has 4 nitrogen and oxygen atoms in total. The van der Waals surface area contributed by atoms with Crippen LogP contribution in [-0.2, 0) is 10.0 Å². The molecule has 0 saturated heterocycles. The van der Waals surface area contributed by atoms with Gasteiger partial charge in [-0.05, 0) is 54.3 Å². The van der Waals surface area contributed by atoms with Gasteiger partial charge in [0.15, 0.2) is 0 Å². The highest BCUT2D eigenvalue weighted by atomic mass is 32.2. The summed E-state index contributed by atoms with van der Waals surface area (Å²) in [5.74, 6) is 0.0883. The first-order valence-corrected chi connectivity index (χ1v) is 10.4. The summed E-state index contributed by atoms with van der Waals surface area (Å²) in [6.45, 7) is 3.70. The summed E-state index contributed by atoms with van der Waals surface area (Å²) in [5.41, 5.74) is 4.23. The lowest BCUT2D eigenvalue weighted by molar-refractivity contribution is 0.470. The Balaban J connectivity index is 1.97. The molecule has 1 aliphatic rings. The average Bonchev–Trinajstić information content (AvgIpc) is 2.68. The smallest absolute Gasteiger partial charge is 0.264 e. The number of nitrogens with zero attached hydrogens (tertiary/aromatic N) is 1. The molecule has 1 aliphatic heterocycles. The van der Waals surface area contributed by atoms with E-state index in [1.54, 1.807) is 6.92 Å². The van der Waals surface area contributed by atoms with Gasteiger partial charge in [-0.1, -0.05) is 49.4 Å². The lowest BCUT2D eigenvalue weighted by atomic mass is 9.89. The van der Waals surface area contributed by atoms with Gasteiger partial charge >= 0.3 is 0 Å². The molecule has 0 saturated carbocycles. The van der Waals surface area contributed by atoms with Crippen molar-refractivity contribution >= 4 is 15.7 Å². The van der Waals surface area contributed by atoms with E-state index >= 15 is 0 Å². The summed E-state index contributed by atoms with van der Waals surface area (Å²) in [7, 11) is -3.80. The SMILES string of the molecule is CCC1c2ccccc2-c2ccccc2N1S(=O)(=O)c1ccc(O)c(C)c1. The van der Waals surface area contributed by atoms with Crippen LogP contribution in [0.5, 0.6) is 5.75 Å². The Labute approximate surface area is 159 Å². The minimum absolute atomic E-state index is 0.0883. The third kappa shape index (κ3) is 2.70. The number of fused-ring (bicyclic) bond motifs is 3. The molecule has 27 heavy (non-hydrogen) atoms. The normalized spacial score (nSPS) is 15.9. The van der Waals surface area contributed by atoms with Crippen molar-refractivity contribution in [3.8, 4) is 16.9 Å². The van der Waals surface area contributed by atoms with Crippen molar-refractivity contribution in [3.05, 3.63) is 77.9 Å². The fraction of sp³-hybridized carbons (Fsp3) is 0.182. The number of hydrogen-bond donors (Lipinski definition) is 1. The molecular weight excluding hydrogens is 358 g/mol. The second kappa shape index (κ2) is 6.43. The van der Waals surface area contributed by atoms with Crippen molar-refractivity contribution in [2.24, 2.45) is 0 Å². The monoisotopic (exact) mass is 379 g/mol. The van der Waals surface area contributed by atoms with Crippen LogP contribution in [-0.4, -0.2) is 13.5 Å². The van der Waals surface area contributed by atoms with E-state index in [0.29, 0.717) is 17.7 Å². The molecule has 1 atom stereocenters. The van der Waals surface area contributed by atoms with Crippen molar-refractivity contribution in [3.63, 3.8) is 0 Å². The molecule has 138 valence electrons. The number of rotatable bonds is 3. The molecule has 0 aromatic heterocycles. The van der Waals surface area contributed by atoms with Crippen molar-refractivity contribution < 1.29 is 13.5 Å². The van der Waals surface area contributed by atoms with Crippen LogP contribution in [0.15, 0.2) is 71.6 Å². The summed E-state index contributed by atoms with van der Waals surface area (Å²) in [5, 5.41) is 9.80. The third-order valence-electron chi connectivity index (χ3n) is 5.15.